The van der Waals surface area contributed by atoms with Gasteiger partial charge in [-0.25, -0.2) is 4.99 Å². The Balaban J connectivity index is 1.67. The second-order valence-corrected chi connectivity index (χ2v) is 6.97. The Hall–Kier alpha value is -1.30. The molecule has 0 aliphatic carbocycles. The van der Waals surface area contributed by atoms with Gasteiger partial charge in [0.15, 0.2) is 5.96 Å². The minimum atomic E-state index is 0.594. The van der Waals surface area contributed by atoms with Crippen LogP contribution in [0.25, 0.3) is 0 Å². The summed E-state index contributed by atoms with van der Waals surface area (Å²) in [6.07, 6.45) is 2.38. The average Bonchev–Trinajstić information content (AvgIpc) is 2.62. The second kappa shape index (κ2) is 11.3. The molecule has 1 saturated heterocycles. The molecular formula is C19H32ClN5. The van der Waals surface area contributed by atoms with E-state index in [4.69, 9.17) is 11.6 Å². The van der Waals surface area contributed by atoms with Crippen LogP contribution in [-0.4, -0.2) is 68.6 Å². The number of nitrogens with one attached hydrogen (secondary N) is 2. The Morgan fingerprint density at radius 3 is 2.60 bits per heavy atom. The first-order chi connectivity index (χ1) is 12.2. The van der Waals surface area contributed by atoms with Crippen molar-refractivity contribution < 1.29 is 0 Å². The molecule has 0 aromatic heterocycles. The highest BCUT2D eigenvalue weighted by atomic mass is 35.5. The SMILES string of the molecule is CCNC(=NCc1ccccc1Cl)NCCCCN1CCN(C)CC1. The molecule has 2 N–H and O–H groups in total. The topological polar surface area (TPSA) is 42.9 Å². The summed E-state index contributed by atoms with van der Waals surface area (Å²) in [6.45, 7) is 10.5. The number of nitrogens with zero attached hydrogens (tertiary/aromatic N) is 3. The van der Waals surface area contributed by atoms with Gasteiger partial charge in [0.25, 0.3) is 0 Å². The first-order valence-corrected chi connectivity index (χ1v) is 9.73. The maximum Gasteiger partial charge on any atom is 0.191 e. The van der Waals surface area contributed by atoms with Gasteiger partial charge in [-0.3, -0.25) is 0 Å². The molecule has 5 nitrogen and oxygen atoms in total. The molecule has 0 bridgehead atoms. The van der Waals surface area contributed by atoms with Crippen LogP contribution >= 0.6 is 11.6 Å². The van der Waals surface area contributed by atoms with Gasteiger partial charge in [0.05, 0.1) is 6.54 Å². The van der Waals surface area contributed by atoms with Crippen molar-refractivity contribution in [3.63, 3.8) is 0 Å². The quantitative estimate of drug-likeness (QED) is 0.422. The number of aliphatic imine (C=N–C) groups is 1. The van der Waals surface area contributed by atoms with Crippen LogP contribution in [0, 0.1) is 0 Å². The van der Waals surface area contributed by atoms with Crippen LogP contribution in [0.15, 0.2) is 29.3 Å². The summed E-state index contributed by atoms with van der Waals surface area (Å²) in [5.74, 6) is 0.863. The number of piperazine rings is 1. The van der Waals surface area contributed by atoms with Crippen LogP contribution in [0.4, 0.5) is 0 Å². The monoisotopic (exact) mass is 365 g/mol. The third-order valence-electron chi connectivity index (χ3n) is 4.50. The van der Waals surface area contributed by atoms with E-state index in [1.807, 2.05) is 24.3 Å². The average molecular weight is 366 g/mol. The smallest absolute Gasteiger partial charge is 0.191 e. The molecule has 0 saturated carbocycles. The summed E-state index contributed by atoms with van der Waals surface area (Å²) in [6, 6.07) is 7.87. The van der Waals surface area contributed by atoms with E-state index in [1.165, 1.54) is 39.1 Å². The molecule has 1 aliphatic heterocycles. The lowest BCUT2D eigenvalue weighted by Gasteiger charge is -2.32. The molecule has 0 amide bonds. The van der Waals surface area contributed by atoms with E-state index in [1.54, 1.807) is 0 Å². The van der Waals surface area contributed by atoms with Gasteiger partial charge in [0.1, 0.15) is 0 Å². The van der Waals surface area contributed by atoms with Crippen molar-refractivity contribution in [3.05, 3.63) is 34.9 Å². The maximum absolute atomic E-state index is 6.20. The van der Waals surface area contributed by atoms with Crippen molar-refractivity contribution >= 4 is 17.6 Å². The molecule has 0 unspecified atom stereocenters. The van der Waals surface area contributed by atoms with Crippen molar-refractivity contribution in [3.8, 4) is 0 Å². The molecule has 1 aromatic rings. The zero-order valence-electron chi connectivity index (χ0n) is 15.6. The molecule has 0 radical (unpaired) electrons. The molecule has 1 aliphatic rings. The normalized spacial score (nSPS) is 16.8. The summed E-state index contributed by atoms with van der Waals surface area (Å²) in [4.78, 5) is 9.60. The minimum Gasteiger partial charge on any atom is -0.357 e. The van der Waals surface area contributed by atoms with E-state index in [-0.39, 0.29) is 0 Å². The van der Waals surface area contributed by atoms with E-state index in [0.717, 1.165) is 36.1 Å². The van der Waals surface area contributed by atoms with Gasteiger partial charge in [-0.1, -0.05) is 29.8 Å². The van der Waals surface area contributed by atoms with Crippen molar-refractivity contribution in [1.82, 2.24) is 20.4 Å². The Bertz CT molecular complexity index is 526. The van der Waals surface area contributed by atoms with Crippen LogP contribution in [-0.2, 0) is 6.54 Å². The van der Waals surface area contributed by atoms with Crippen LogP contribution in [0.5, 0.6) is 0 Å². The minimum absolute atomic E-state index is 0.594. The van der Waals surface area contributed by atoms with Crippen LogP contribution < -0.4 is 10.6 Å². The van der Waals surface area contributed by atoms with Crippen LogP contribution in [0.3, 0.4) is 0 Å². The Labute approximate surface area is 157 Å². The van der Waals surface area contributed by atoms with E-state index >= 15 is 0 Å². The maximum atomic E-state index is 6.20. The van der Waals surface area contributed by atoms with Crippen LogP contribution in [0.2, 0.25) is 5.02 Å². The van der Waals surface area contributed by atoms with Gasteiger partial charge in [0.2, 0.25) is 0 Å². The number of hydrogen-bond acceptors (Lipinski definition) is 3. The number of guanidine groups is 1. The van der Waals surface area contributed by atoms with Gasteiger partial charge < -0.3 is 20.4 Å². The van der Waals surface area contributed by atoms with Crippen molar-refractivity contribution in [2.24, 2.45) is 4.99 Å². The third kappa shape index (κ3) is 7.63. The Morgan fingerprint density at radius 2 is 1.88 bits per heavy atom. The molecule has 140 valence electrons. The highest BCUT2D eigenvalue weighted by molar-refractivity contribution is 6.31. The van der Waals surface area contributed by atoms with Gasteiger partial charge >= 0.3 is 0 Å². The lowest BCUT2D eigenvalue weighted by atomic mass is 10.2. The number of rotatable bonds is 8. The summed E-state index contributed by atoms with van der Waals surface area (Å²) < 4.78 is 0. The van der Waals surface area contributed by atoms with E-state index < -0.39 is 0 Å². The fraction of sp³-hybridized carbons (Fsp3) is 0.632. The van der Waals surface area contributed by atoms with Crippen molar-refractivity contribution in [2.45, 2.75) is 26.3 Å². The lowest BCUT2D eigenvalue weighted by Crippen LogP contribution is -2.44. The number of hydrogen-bond donors (Lipinski definition) is 2. The van der Waals surface area contributed by atoms with Gasteiger partial charge in [-0.2, -0.15) is 0 Å². The summed E-state index contributed by atoms with van der Waals surface area (Å²) >= 11 is 6.20. The highest BCUT2D eigenvalue weighted by Gasteiger charge is 2.12. The zero-order valence-corrected chi connectivity index (χ0v) is 16.4. The molecule has 6 heteroatoms. The first-order valence-electron chi connectivity index (χ1n) is 9.35. The lowest BCUT2D eigenvalue weighted by molar-refractivity contribution is 0.152. The number of unbranched alkanes of at least 4 members (excludes halogenated alkanes) is 1. The molecule has 2 rings (SSSR count). The Kier molecular flexibility index (Phi) is 9.08. The molecule has 1 fully saturated rings. The largest absolute Gasteiger partial charge is 0.357 e. The molecular weight excluding hydrogens is 334 g/mol. The number of likely N-dealkylation sites (N-methyl/N-ethyl adjacent to an activating group) is 1. The molecule has 1 aromatic carbocycles. The summed E-state index contributed by atoms with van der Waals surface area (Å²) in [5, 5.41) is 7.49. The van der Waals surface area contributed by atoms with E-state index in [9.17, 15) is 0 Å². The Morgan fingerprint density at radius 1 is 1.12 bits per heavy atom. The second-order valence-electron chi connectivity index (χ2n) is 6.57. The van der Waals surface area contributed by atoms with E-state index in [2.05, 4.69) is 39.4 Å². The predicted molar refractivity (Wildman–Crippen MR) is 107 cm³/mol. The number of benzene rings is 1. The third-order valence-corrected chi connectivity index (χ3v) is 4.87. The standard InChI is InChI=1S/C19H32ClN5/c1-3-21-19(23-16-17-8-4-5-9-18(17)20)22-10-6-7-11-25-14-12-24(2)13-15-25/h4-5,8-9H,3,6-7,10-16H2,1-2H3,(H2,21,22,23). The fourth-order valence-corrected chi connectivity index (χ4v) is 3.07. The summed E-state index contributed by atoms with van der Waals surface area (Å²) in [7, 11) is 2.20. The molecule has 0 atom stereocenters. The number of halogens is 1. The van der Waals surface area contributed by atoms with E-state index in [0.29, 0.717) is 6.54 Å². The van der Waals surface area contributed by atoms with Crippen LogP contribution in [0.1, 0.15) is 25.3 Å². The fourth-order valence-electron chi connectivity index (χ4n) is 2.87. The van der Waals surface area contributed by atoms with Crippen molar-refractivity contribution in [1.29, 1.82) is 0 Å². The first kappa shape index (κ1) is 20.0. The van der Waals surface area contributed by atoms with Crippen molar-refractivity contribution in [2.75, 3.05) is 52.9 Å². The molecule has 0 spiro atoms. The molecule has 1 heterocycles. The van der Waals surface area contributed by atoms with Gasteiger partial charge in [0, 0.05) is 44.3 Å². The van der Waals surface area contributed by atoms with Gasteiger partial charge in [-0.15, -0.1) is 0 Å². The summed E-state index contributed by atoms with van der Waals surface area (Å²) in [5.41, 5.74) is 1.05. The van der Waals surface area contributed by atoms with Gasteiger partial charge in [-0.05, 0) is 45.0 Å². The predicted octanol–water partition coefficient (Wildman–Crippen LogP) is 2.42. The highest BCUT2D eigenvalue weighted by Crippen LogP contribution is 2.15. The zero-order chi connectivity index (χ0) is 17.9. The molecule has 25 heavy (non-hydrogen) atoms.